The molecule has 0 saturated heterocycles. The van der Waals surface area contributed by atoms with E-state index in [1.807, 2.05) is 24.3 Å². The lowest BCUT2D eigenvalue weighted by molar-refractivity contribution is 0.215. The topological polar surface area (TPSA) is 18.5 Å². The minimum atomic E-state index is 0.531. The van der Waals surface area contributed by atoms with Gasteiger partial charge in [0.05, 0.1) is 0 Å². The summed E-state index contributed by atoms with van der Waals surface area (Å²) in [4.78, 5) is 0. The van der Waals surface area contributed by atoms with Crippen LogP contribution in [-0.2, 0) is 0 Å². The standard InChI is InChI=1S/C17H19BrO2/c1-12-7-8-13(2)17(14(12)3)20-10-9-19-16-6-4-5-15(18)11-16/h4-8,11H,9-10H2,1-3H3. The lowest BCUT2D eigenvalue weighted by Crippen LogP contribution is -2.10. The predicted molar refractivity (Wildman–Crippen MR) is 85.8 cm³/mol. The number of halogens is 1. The van der Waals surface area contributed by atoms with Crippen molar-refractivity contribution in [2.24, 2.45) is 0 Å². The van der Waals surface area contributed by atoms with Crippen LogP contribution in [0.2, 0.25) is 0 Å². The minimum absolute atomic E-state index is 0.531. The van der Waals surface area contributed by atoms with Crippen LogP contribution < -0.4 is 9.47 Å². The van der Waals surface area contributed by atoms with E-state index >= 15 is 0 Å². The molecule has 20 heavy (non-hydrogen) atoms. The van der Waals surface area contributed by atoms with Crippen LogP contribution in [0.15, 0.2) is 40.9 Å². The third-order valence-corrected chi connectivity index (χ3v) is 3.76. The highest BCUT2D eigenvalue weighted by molar-refractivity contribution is 9.10. The summed E-state index contributed by atoms with van der Waals surface area (Å²) < 4.78 is 12.5. The molecule has 0 amide bonds. The quantitative estimate of drug-likeness (QED) is 0.729. The second-order valence-corrected chi connectivity index (χ2v) is 5.72. The van der Waals surface area contributed by atoms with Gasteiger partial charge in [-0.1, -0.05) is 34.1 Å². The van der Waals surface area contributed by atoms with Crippen molar-refractivity contribution < 1.29 is 9.47 Å². The summed E-state index contributed by atoms with van der Waals surface area (Å²) >= 11 is 3.42. The van der Waals surface area contributed by atoms with E-state index in [0.29, 0.717) is 13.2 Å². The van der Waals surface area contributed by atoms with Crippen LogP contribution in [0.5, 0.6) is 11.5 Å². The first kappa shape index (κ1) is 14.9. The zero-order valence-electron chi connectivity index (χ0n) is 12.1. The SMILES string of the molecule is Cc1ccc(C)c(OCCOc2cccc(Br)c2)c1C. The number of benzene rings is 2. The third kappa shape index (κ3) is 3.76. The van der Waals surface area contributed by atoms with Crippen molar-refractivity contribution in [1.29, 1.82) is 0 Å². The van der Waals surface area contributed by atoms with E-state index in [1.54, 1.807) is 0 Å². The first-order chi connectivity index (χ1) is 9.58. The number of hydrogen-bond acceptors (Lipinski definition) is 2. The summed E-state index contributed by atoms with van der Waals surface area (Å²) in [6.45, 7) is 7.32. The lowest BCUT2D eigenvalue weighted by Gasteiger charge is -2.14. The number of hydrogen-bond donors (Lipinski definition) is 0. The molecular weight excluding hydrogens is 316 g/mol. The van der Waals surface area contributed by atoms with Gasteiger partial charge in [0.25, 0.3) is 0 Å². The zero-order chi connectivity index (χ0) is 14.5. The molecule has 0 aromatic heterocycles. The lowest BCUT2D eigenvalue weighted by atomic mass is 10.1. The molecule has 0 bridgehead atoms. The van der Waals surface area contributed by atoms with Gasteiger partial charge in [0.1, 0.15) is 24.7 Å². The van der Waals surface area contributed by atoms with Gasteiger partial charge in [-0.25, -0.2) is 0 Å². The van der Waals surface area contributed by atoms with Gasteiger partial charge in [-0.3, -0.25) is 0 Å². The van der Waals surface area contributed by atoms with Crippen LogP contribution in [0.1, 0.15) is 16.7 Å². The molecular formula is C17H19BrO2. The van der Waals surface area contributed by atoms with Crippen LogP contribution in [0.4, 0.5) is 0 Å². The fraction of sp³-hybridized carbons (Fsp3) is 0.294. The zero-order valence-corrected chi connectivity index (χ0v) is 13.7. The average molecular weight is 335 g/mol. The Hall–Kier alpha value is -1.48. The van der Waals surface area contributed by atoms with E-state index in [-0.39, 0.29) is 0 Å². The highest BCUT2D eigenvalue weighted by atomic mass is 79.9. The van der Waals surface area contributed by atoms with Crippen molar-refractivity contribution >= 4 is 15.9 Å². The van der Waals surface area contributed by atoms with Gasteiger partial charge in [0.2, 0.25) is 0 Å². The summed E-state index contributed by atoms with van der Waals surface area (Å²) in [5.41, 5.74) is 3.61. The maximum atomic E-state index is 5.86. The molecule has 106 valence electrons. The molecule has 2 aromatic rings. The first-order valence-electron chi connectivity index (χ1n) is 6.66. The monoisotopic (exact) mass is 334 g/mol. The van der Waals surface area contributed by atoms with Crippen LogP contribution in [0.25, 0.3) is 0 Å². The number of aryl methyl sites for hydroxylation is 2. The van der Waals surface area contributed by atoms with E-state index < -0.39 is 0 Å². The van der Waals surface area contributed by atoms with Gasteiger partial charge in [0, 0.05) is 4.47 Å². The first-order valence-corrected chi connectivity index (χ1v) is 7.45. The molecule has 0 atom stereocenters. The Morgan fingerprint density at radius 3 is 2.35 bits per heavy atom. The Morgan fingerprint density at radius 2 is 1.60 bits per heavy atom. The molecule has 2 nitrogen and oxygen atoms in total. The highest BCUT2D eigenvalue weighted by Crippen LogP contribution is 2.25. The molecule has 0 aliphatic carbocycles. The van der Waals surface area contributed by atoms with E-state index in [9.17, 15) is 0 Å². The molecule has 0 N–H and O–H groups in total. The van der Waals surface area contributed by atoms with Gasteiger partial charge in [0.15, 0.2) is 0 Å². The Balaban J connectivity index is 1.89. The summed E-state index contributed by atoms with van der Waals surface area (Å²) in [7, 11) is 0. The summed E-state index contributed by atoms with van der Waals surface area (Å²) in [5.74, 6) is 1.82. The van der Waals surface area contributed by atoms with Crippen molar-refractivity contribution in [3.63, 3.8) is 0 Å². The van der Waals surface area contributed by atoms with Crippen molar-refractivity contribution in [3.05, 3.63) is 57.6 Å². The molecule has 2 rings (SSSR count). The fourth-order valence-corrected chi connectivity index (χ4v) is 2.39. The highest BCUT2D eigenvalue weighted by Gasteiger charge is 2.06. The maximum absolute atomic E-state index is 5.86. The number of rotatable bonds is 5. The minimum Gasteiger partial charge on any atom is -0.490 e. The molecule has 0 unspecified atom stereocenters. The molecule has 3 heteroatoms. The maximum Gasteiger partial charge on any atom is 0.125 e. The second-order valence-electron chi connectivity index (χ2n) is 4.81. The Labute approximate surface area is 128 Å². The average Bonchev–Trinajstić information content (AvgIpc) is 2.42. The Kier molecular flexibility index (Phi) is 5.07. The van der Waals surface area contributed by atoms with E-state index in [2.05, 4.69) is 48.8 Å². The largest absolute Gasteiger partial charge is 0.490 e. The van der Waals surface area contributed by atoms with Gasteiger partial charge >= 0.3 is 0 Å². The van der Waals surface area contributed by atoms with E-state index in [4.69, 9.17) is 9.47 Å². The molecule has 0 saturated carbocycles. The van der Waals surface area contributed by atoms with Crippen molar-refractivity contribution in [1.82, 2.24) is 0 Å². The fourth-order valence-electron chi connectivity index (χ4n) is 2.01. The molecule has 0 fully saturated rings. The summed E-state index contributed by atoms with van der Waals surface area (Å²) in [5, 5.41) is 0. The van der Waals surface area contributed by atoms with Gasteiger partial charge in [-0.05, 0) is 55.7 Å². The normalized spacial score (nSPS) is 10.4. The van der Waals surface area contributed by atoms with E-state index in [1.165, 1.54) is 11.1 Å². The molecule has 0 heterocycles. The van der Waals surface area contributed by atoms with Crippen LogP contribution >= 0.6 is 15.9 Å². The van der Waals surface area contributed by atoms with Crippen LogP contribution in [0, 0.1) is 20.8 Å². The Morgan fingerprint density at radius 1 is 0.900 bits per heavy atom. The molecule has 0 aliphatic rings. The molecule has 2 aromatic carbocycles. The van der Waals surface area contributed by atoms with Crippen LogP contribution in [-0.4, -0.2) is 13.2 Å². The summed E-state index contributed by atoms with van der Waals surface area (Å²) in [6.07, 6.45) is 0. The number of ether oxygens (including phenoxy) is 2. The third-order valence-electron chi connectivity index (χ3n) is 3.27. The second kappa shape index (κ2) is 6.80. The Bertz CT molecular complexity index is 594. The molecule has 0 aliphatic heterocycles. The molecule has 0 radical (unpaired) electrons. The summed E-state index contributed by atoms with van der Waals surface area (Å²) in [6, 6.07) is 12.0. The van der Waals surface area contributed by atoms with Gasteiger partial charge < -0.3 is 9.47 Å². The van der Waals surface area contributed by atoms with Crippen molar-refractivity contribution in [3.8, 4) is 11.5 Å². The van der Waals surface area contributed by atoms with Crippen molar-refractivity contribution in [2.75, 3.05) is 13.2 Å². The van der Waals surface area contributed by atoms with E-state index in [0.717, 1.165) is 21.5 Å². The van der Waals surface area contributed by atoms with Gasteiger partial charge in [-0.2, -0.15) is 0 Å². The van der Waals surface area contributed by atoms with Crippen LogP contribution in [0.3, 0.4) is 0 Å². The molecule has 0 spiro atoms. The van der Waals surface area contributed by atoms with Crippen molar-refractivity contribution in [2.45, 2.75) is 20.8 Å². The smallest absolute Gasteiger partial charge is 0.125 e. The van der Waals surface area contributed by atoms with Gasteiger partial charge in [-0.15, -0.1) is 0 Å². The predicted octanol–water partition coefficient (Wildman–Crippen LogP) is 4.83.